The van der Waals surface area contributed by atoms with E-state index in [2.05, 4.69) is 27.0 Å². The summed E-state index contributed by atoms with van der Waals surface area (Å²) in [4.78, 5) is 9.35. The molecule has 2 aromatic heterocycles. The second-order valence-electron chi connectivity index (χ2n) is 5.68. The van der Waals surface area contributed by atoms with Gasteiger partial charge in [0, 0.05) is 11.2 Å². The number of nitrogens with one attached hydrogen (secondary N) is 1. The Morgan fingerprint density at radius 2 is 2.09 bits per heavy atom. The first-order valence-corrected chi connectivity index (χ1v) is 7.98. The number of fused-ring (bicyclic) bond motifs is 1. The average molecular weight is 313 g/mol. The SMILES string of the molecule is Clc1ccc(Cn2c(C3CCCN3)nc3cccnc32)cc1. The van der Waals surface area contributed by atoms with Gasteiger partial charge < -0.3 is 9.88 Å². The van der Waals surface area contributed by atoms with Gasteiger partial charge in [0.2, 0.25) is 0 Å². The second kappa shape index (κ2) is 5.71. The Labute approximate surface area is 134 Å². The molecular weight excluding hydrogens is 296 g/mol. The largest absolute Gasteiger partial charge is 0.307 e. The Morgan fingerprint density at radius 3 is 2.86 bits per heavy atom. The average Bonchev–Trinajstić information content (AvgIpc) is 3.18. The highest BCUT2D eigenvalue weighted by Crippen LogP contribution is 2.26. The lowest BCUT2D eigenvalue weighted by molar-refractivity contribution is 0.570. The third-order valence-corrected chi connectivity index (χ3v) is 4.41. The van der Waals surface area contributed by atoms with Crippen molar-refractivity contribution in [2.45, 2.75) is 25.4 Å². The van der Waals surface area contributed by atoms with Crippen LogP contribution in [0.5, 0.6) is 0 Å². The molecule has 0 saturated carbocycles. The van der Waals surface area contributed by atoms with Crippen molar-refractivity contribution in [2.75, 3.05) is 6.54 Å². The maximum Gasteiger partial charge on any atom is 0.160 e. The predicted molar refractivity (Wildman–Crippen MR) is 88.1 cm³/mol. The highest BCUT2D eigenvalue weighted by atomic mass is 35.5. The van der Waals surface area contributed by atoms with E-state index in [1.165, 1.54) is 12.0 Å². The lowest BCUT2D eigenvalue weighted by Crippen LogP contribution is -2.18. The van der Waals surface area contributed by atoms with Crippen molar-refractivity contribution in [1.82, 2.24) is 19.9 Å². The maximum atomic E-state index is 5.98. The fourth-order valence-corrected chi connectivity index (χ4v) is 3.20. The molecule has 0 amide bonds. The molecular formula is C17H17ClN4. The molecule has 3 heterocycles. The molecule has 112 valence electrons. The Bertz CT molecular complexity index is 788. The van der Waals surface area contributed by atoms with Gasteiger partial charge in [0.15, 0.2) is 5.65 Å². The summed E-state index contributed by atoms with van der Waals surface area (Å²) in [5.74, 6) is 1.08. The van der Waals surface area contributed by atoms with E-state index in [-0.39, 0.29) is 0 Å². The fraction of sp³-hybridized carbons (Fsp3) is 0.294. The highest BCUT2D eigenvalue weighted by molar-refractivity contribution is 6.30. The molecule has 4 nitrogen and oxygen atoms in total. The van der Waals surface area contributed by atoms with Crippen molar-refractivity contribution in [3.8, 4) is 0 Å². The van der Waals surface area contributed by atoms with Crippen molar-refractivity contribution in [2.24, 2.45) is 0 Å². The number of benzene rings is 1. The van der Waals surface area contributed by atoms with Crippen LogP contribution in [0.3, 0.4) is 0 Å². The molecule has 1 aliphatic heterocycles. The Kier molecular flexibility index (Phi) is 3.56. The van der Waals surface area contributed by atoms with Gasteiger partial charge in [-0.15, -0.1) is 0 Å². The predicted octanol–water partition coefficient (Wildman–Crippen LogP) is 3.56. The lowest BCUT2D eigenvalue weighted by Gasteiger charge is -2.13. The molecule has 1 aromatic carbocycles. The molecule has 1 fully saturated rings. The Balaban J connectivity index is 1.79. The number of hydrogen-bond donors (Lipinski definition) is 1. The van der Waals surface area contributed by atoms with Crippen LogP contribution in [-0.2, 0) is 6.54 Å². The summed E-state index contributed by atoms with van der Waals surface area (Å²) < 4.78 is 2.22. The van der Waals surface area contributed by atoms with Crippen molar-refractivity contribution < 1.29 is 0 Å². The van der Waals surface area contributed by atoms with E-state index in [0.29, 0.717) is 6.04 Å². The lowest BCUT2D eigenvalue weighted by atomic mass is 10.2. The van der Waals surface area contributed by atoms with E-state index in [1.807, 2.05) is 30.5 Å². The zero-order valence-corrected chi connectivity index (χ0v) is 12.9. The van der Waals surface area contributed by atoms with Crippen molar-refractivity contribution in [3.63, 3.8) is 0 Å². The van der Waals surface area contributed by atoms with Gasteiger partial charge in [-0.05, 0) is 49.2 Å². The molecule has 0 spiro atoms. The first-order valence-electron chi connectivity index (χ1n) is 7.60. The van der Waals surface area contributed by atoms with E-state index in [4.69, 9.17) is 16.6 Å². The van der Waals surface area contributed by atoms with Crippen LogP contribution in [0.1, 0.15) is 30.3 Å². The van der Waals surface area contributed by atoms with E-state index >= 15 is 0 Å². The van der Waals surface area contributed by atoms with Crippen LogP contribution in [0.2, 0.25) is 5.02 Å². The van der Waals surface area contributed by atoms with E-state index < -0.39 is 0 Å². The first-order chi connectivity index (χ1) is 10.8. The molecule has 1 atom stereocenters. The standard InChI is InChI=1S/C17H17ClN4/c18-13-7-5-12(6-8-13)11-22-16-15(4-2-10-20-16)21-17(22)14-3-1-9-19-14/h2,4-8,10,14,19H,1,3,9,11H2. The molecule has 4 rings (SSSR count). The zero-order valence-electron chi connectivity index (χ0n) is 12.2. The number of nitrogens with zero attached hydrogens (tertiary/aromatic N) is 3. The van der Waals surface area contributed by atoms with Gasteiger partial charge in [0.25, 0.3) is 0 Å². The second-order valence-corrected chi connectivity index (χ2v) is 6.11. The van der Waals surface area contributed by atoms with Gasteiger partial charge >= 0.3 is 0 Å². The molecule has 0 aliphatic carbocycles. The van der Waals surface area contributed by atoms with E-state index in [9.17, 15) is 0 Å². The van der Waals surface area contributed by atoms with Gasteiger partial charge in [-0.1, -0.05) is 23.7 Å². The third kappa shape index (κ3) is 2.49. The molecule has 1 aliphatic rings. The van der Waals surface area contributed by atoms with E-state index in [0.717, 1.165) is 41.5 Å². The molecule has 5 heteroatoms. The van der Waals surface area contributed by atoms with Crippen LogP contribution >= 0.6 is 11.6 Å². The monoisotopic (exact) mass is 312 g/mol. The summed E-state index contributed by atoms with van der Waals surface area (Å²) in [5, 5.41) is 4.30. The highest BCUT2D eigenvalue weighted by Gasteiger charge is 2.23. The van der Waals surface area contributed by atoms with Gasteiger partial charge in [-0.25, -0.2) is 9.97 Å². The van der Waals surface area contributed by atoms with Crippen LogP contribution in [0.4, 0.5) is 0 Å². The molecule has 1 saturated heterocycles. The van der Waals surface area contributed by atoms with Crippen LogP contribution in [0, 0.1) is 0 Å². The van der Waals surface area contributed by atoms with Gasteiger partial charge in [0.1, 0.15) is 11.3 Å². The number of aromatic nitrogens is 3. The van der Waals surface area contributed by atoms with E-state index in [1.54, 1.807) is 0 Å². The summed E-state index contributed by atoms with van der Waals surface area (Å²) in [6.07, 6.45) is 4.15. The van der Waals surface area contributed by atoms with Crippen LogP contribution < -0.4 is 5.32 Å². The van der Waals surface area contributed by atoms with Crippen LogP contribution in [-0.4, -0.2) is 21.1 Å². The number of hydrogen-bond acceptors (Lipinski definition) is 3. The normalized spacial score (nSPS) is 18.1. The van der Waals surface area contributed by atoms with Gasteiger partial charge in [-0.3, -0.25) is 0 Å². The smallest absolute Gasteiger partial charge is 0.160 e. The quantitative estimate of drug-likeness (QED) is 0.804. The van der Waals surface area contributed by atoms with Crippen molar-refractivity contribution in [3.05, 3.63) is 59.0 Å². The summed E-state index contributed by atoms with van der Waals surface area (Å²) in [6, 6.07) is 12.3. The minimum Gasteiger partial charge on any atom is -0.307 e. The number of imidazole rings is 1. The van der Waals surface area contributed by atoms with Crippen molar-refractivity contribution >= 4 is 22.8 Å². The number of rotatable bonds is 3. The topological polar surface area (TPSA) is 42.7 Å². The number of pyridine rings is 1. The van der Waals surface area contributed by atoms with Gasteiger partial charge in [0.05, 0.1) is 12.6 Å². The van der Waals surface area contributed by atoms with Crippen LogP contribution in [0.15, 0.2) is 42.6 Å². The summed E-state index contributed by atoms with van der Waals surface area (Å²) in [7, 11) is 0. The minimum atomic E-state index is 0.321. The molecule has 0 bridgehead atoms. The molecule has 1 N–H and O–H groups in total. The molecule has 0 radical (unpaired) electrons. The summed E-state index contributed by atoms with van der Waals surface area (Å²) in [6.45, 7) is 1.82. The zero-order chi connectivity index (χ0) is 14.9. The van der Waals surface area contributed by atoms with Gasteiger partial charge in [-0.2, -0.15) is 0 Å². The molecule has 22 heavy (non-hydrogen) atoms. The summed E-state index contributed by atoms with van der Waals surface area (Å²) >= 11 is 5.98. The first kappa shape index (κ1) is 13.7. The van der Waals surface area contributed by atoms with Crippen molar-refractivity contribution in [1.29, 1.82) is 0 Å². The Morgan fingerprint density at radius 1 is 1.23 bits per heavy atom. The molecule has 3 aromatic rings. The third-order valence-electron chi connectivity index (χ3n) is 4.16. The van der Waals surface area contributed by atoms with Crippen LogP contribution in [0.25, 0.3) is 11.2 Å². The Hall–Kier alpha value is -1.91. The number of halogens is 1. The maximum absolute atomic E-state index is 5.98. The summed E-state index contributed by atoms with van der Waals surface area (Å²) in [5.41, 5.74) is 3.11. The minimum absolute atomic E-state index is 0.321. The molecule has 1 unspecified atom stereocenters. The fourth-order valence-electron chi connectivity index (χ4n) is 3.08.